The number of allylic oxidation sites excluding steroid dienone is 1. The Morgan fingerprint density at radius 2 is 2.21 bits per heavy atom. The average Bonchev–Trinajstić information content (AvgIpc) is 2.54. The summed E-state index contributed by atoms with van der Waals surface area (Å²) in [5.41, 5.74) is -0.210. The van der Waals surface area contributed by atoms with Crippen molar-refractivity contribution in [2.45, 2.75) is 13.3 Å². The number of nitrogens with zero attached hydrogens (tertiary/aromatic N) is 2. The Kier molecular flexibility index (Phi) is 3.59. The van der Waals surface area contributed by atoms with Gasteiger partial charge in [0.05, 0.1) is 0 Å². The maximum absolute atomic E-state index is 13.7. The molecule has 0 saturated heterocycles. The summed E-state index contributed by atoms with van der Waals surface area (Å²) in [7, 11) is 0. The van der Waals surface area contributed by atoms with E-state index in [1.54, 1.807) is 13.0 Å². The van der Waals surface area contributed by atoms with Gasteiger partial charge in [-0.05, 0) is 18.6 Å². The van der Waals surface area contributed by atoms with E-state index in [4.69, 9.17) is 5.11 Å². The van der Waals surface area contributed by atoms with Crippen LogP contribution in [0.3, 0.4) is 0 Å². The van der Waals surface area contributed by atoms with Crippen LogP contribution in [0.25, 0.3) is 0 Å². The first-order valence-electron chi connectivity index (χ1n) is 5.71. The van der Waals surface area contributed by atoms with E-state index in [9.17, 15) is 13.6 Å². The van der Waals surface area contributed by atoms with Gasteiger partial charge in [-0.1, -0.05) is 13.0 Å². The van der Waals surface area contributed by atoms with Crippen molar-refractivity contribution in [2.24, 2.45) is 11.0 Å². The van der Waals surface area contributed by atoms with Crippen LogP contribution >= 0.6 is 0 Å². The largest absolute Gasteiger partial charge is 0.477 e. The number of hydrogen-bond acceptors (Lipinski definition) is 3. The Hall–Kier alpha value is -2.24. The first kappa shape index (κ1) is 13.2. The molecule has 0 bridgehead atoms. The van der Waals surface area contributed by atoms with Crippen LogP contribution in [-0.2, 0) is 4.79 Å². The average molecular weight is 266 g/mol. The van der Waals surface area contributed by atoms with Gasteiger partial charge in [0.15, 0.2) is 0 Å². The number of carbonyl (C=O) groups is 1. The second-order valence-corrected chi connectivity index (χ2v) is 4.25. The second-order valence-electron chi connectivity index (χ2n) is 4.25. The quantitative estimate of drug-likeness (QED) is 0.895. The molecular weight excluding hydrogens is 254 g/mol. The van der Waals surface area contributed by atoms with Crippen LogP contribution in [0.5, 0.6) is 0 Å². The molecule has 0 radical (unpaired) electrons. The Bertz CT molecular complexity index is 570. The lowest BCUT2D eigenvalue weighted by Crippen LogP contribution is -2.23. The molecule has 1 aromatic carbocycles. The normalized spacial score (nSPS) is 19.0. The predicted molar refractivity (Wildman–Crippen MR) is 66.8 cm³/mol. The molecular formula is C13H12F2N2O2. The number of benzene rings is 1. The molecule has 4 nitrogen and oxygen atoms in total. The lowest BCUT2D eigenvalue weighted by molar-refractivity contribution is -0.129. The molecule has 1 aromatic rings. The zero-order chi connectivity index (χ0) is 14.0. The van der Waals surface area contributed by atoms with E-state index in [1.165, 1.54) is 6.20 Å². The van der Waals surface area contributed by atoms with Gasteiger partial charge < -0.3 is 5.11 Å². The Morgan fingerprint density at radius 3 is 2.89 bits per heavy atom. The van der Waals surface area contributed by atoms with Gasteiger partial charge in [0.25, 0.3) is 0 Å². The van der Waals surface area contributed by atoms with Crippen LogP contribution in [0.15, 0.2) is 35.6 Å². The number of aliphatic carboxylic acids is 1. The second kappa shape index (κ2) is 5.17. The maximum Gasteiger partial charge on any atom is 0.352 e. The van der Waals surface area contributed by atoms with E-state index in [1.807, 2.05) is 0 Å². The summed E-state index contributed by atoms with van der Waals surface area (Å²) in [5, 5.41) is 14.0. The van der Waals surface area contributed by atoms with Crippen molar-refractivity contribution < 1.29 is 18.7 Å². The third-order valence-electron chi connectivity index (χ3n) is 2.79. The first-order valence-corrected chi connectivity index (χ1v) is 5.71. The van der Waals surface area contributed by atoms with E-state index in [0.29, 0.717) is 6.42 Å². The SMILES string of the molecule is CC1CC=CN(c2cc(F)ccc2F)N=C1C(=O)O. The Balaban J connectivity index is 2.47. The van der Waals surface area contributed by atoms with Crippen molar-refractivity contribution in [3.8, 4) is 0 Å². The smallest absolute Gasteiger partial charge is 0.352 e. The Labute approximate surface area is 108 Å². The molecule has 1 atom stereocenters. The molecule has 0 aromatic heterocycles. The van der Waals surface area contributed by atoms with Gasteiger partial charge in [-0.2, -0.15) is 5.10 Å². The van der Waals surface area contributed by atoms with E-state index in [0.717, 1.165) is 23.2 Å². The molecule has 1 N–H and O–H groups in total. The molecule has 0 amide bonds. The summed E-state index contributed by atoms with van der Waals surface area (Å²) in [6, 6.07) is 2.94. The lowest BCUT2D eigenvalue weighted by Gasteiger charge is -2.15. The molecule has 1 aliphatic rings. The van der Waals surface area contributed by atoms with Crippen molar-refractivity contribution in [1.29, 1.82) is 0 Å². The van der Waals surface area contributed by atoms with E-state index in [2.05, 4.69) is 5.10 Å². The summed E-state index contributed by atoms with van der Waals surface area (Å²) in [6.07, 6.45) is 3.58. The zero-order valence-corrected chi connectivity index (χ0v) is 10.2. The van der Waals surface area contributed by atoms with Crippen molar-refractivity contribution in [1.82, 2.24) is 0 Å². The monoisotopic (exact) mass is 266 g/mol. The molecule has 2 rings (SSSR count). The molecule has 19 heavy (non-hydrogen) atoms. The zero-order valence-electron chi connectivity index (χ0n) is 10.2. The van der Waals surface area contributed by atoms with Crippen molar-refractivity contribution in [2.75, 3.05) is 5.01 Å². The number of carboxylic acid groups (broad SMARTS) is 1. The summed E-state index contributed by atoms with van der Waals surface area (Å²) in [4.78, 5) is 11.1. The molecule has 1 heterocycles. The highest BCUT2D eigenvalue weighted by Crippen LogP contribution is 2.24. The van der Waals surface area contributed by atoms with E-state index in [-0.39, 0.29) is 17.3 Å². The molecule has 1 aliphatic heterocycles. The van der Waals surface area contributed by atoms with Crippen LogP contribution in [0.2, 0.25) is 0 Å². The maximum atomic E-state index is 13.7. The van der Waals surface area contributed by atoms with Gasteiger partial charge in [-0.3, -0.25) is 0 Å². The number of halogens is 2. The molecule has 1 unspecified atom stereocenters. The van der Waals surface area contributed by atoms with Gasteiger partial charge in [-0.15, -0.1) is 0 Å². The van der Waals surface area contributed by atoms with Crippen molar-refractivity contribution in [3.63, 3.8) is 0 Å². The van der Waals surface area contributed by atoms with Gasteiger partial charge in [0.1, 0.15) is 23.0 Å². The topological polar surface area (TPSA) is 52.9 Å². The van der Waals surface area contributed by atoms with Crippen molar-refractivity contribution >= 4 is 17.4 Å². The fourth-order valence-corrected chi connectivity index (χ4v) is 1.77. The molecule has 0 saturated carbocycles. The number of hydrogen-bond donors (Lipinski definition) is 1. The van der Waals surface area contributed by atoms with Gasteiger partial charge in [0, 0.05) is 18.2 Å². The van der Waals surface area contributed by atoms with Gasteiger partial charge >= 0.3 is 5.97 Å². The highest BCUT2D eigenvalue weighted by atomic mass is 19.1. The molecule has 0 spiro atoms. The standard InChI is InChI=1S/C13H12F2N2O2/c1-8-3-2-6-17(16-12(8)13(18)19)11-7-9(14)4-5-10(11)15/h2,4-8H,3H2,1H3,(H,18,19). The molecule has 0 aliphatic carbocycles. The fraction of sp³-hybridized carbons (Fsp3) is 0.231. The van der Waals surface area contributed by atoms with E-state index >= 15 is 0 Å². The van der Waals surface area contributed by atoms with Crippen LogP contribution in [0.4, 0.5) is 14.5 Å². The minimum absolute atomic E-state index is 0.0892. The third-order valence-corrected chi connectivity index (χ3v) is 2.79. The first-order chi connectivity index (χ1) is 8.99. The highest BCUT2D eigenvalue weighted by molar-refractivity contribution is 6.36. The number of carboxylic acids is 1. The molecule has 6 heteroatoms. The fourth-order valence-electron chi connectivity index (χ4n) is 1.77. The van der Waals surface area contributed by atoms with Crippen LogP contribution in [-0.4, -0.2) is 16.8 Å². The minimum Gasteiger partial charge on any atom is -0.477 e. The molecule has 100 valence electrons. The van der Waals surface area contributed by atoms with Crippen LogP contribution < -0.4 is 5.01 Å². The van der Waals surface area contributed by atoms with Crippen LogP contribution in [0, 0.1) is 17.6 Å². The summed E-state index contributed by atoms with van der Waals surface area (Å²) in [6.45, 7) is 1.71. The van der Waals surface area contributed by atoms with Crippen molar-refractivity contribution in [3.05, 3.63) is 42.1 Å². The predicted octanol–water partition coefficient (Wildman–Crippen LogP) is 2.77. The number of hydrazone groups is 1. The minimum atomic E-state index is -1.17. The summed E-state index contributed by atoms with van der Waals surface area (Å²) >= 11 is 0. The summed E-state index contributed by atoms with van der Waals surface area (Å²) in [5.74, 6) is -2.75. The third kappa shape index (κ3) is 2.78. The number of anilines is 1. The Morgan fingerprint density at radius 1 is 1.47 bits per heavy atom. The number of rotatable bonds is 2. The summed E-state index contributed by atoms with van der Waals surface area (Å²) < 4.78 is 26.8. The molecule has 0 fully saturated rings. The lowest BCUT2D eigenvalue weighted by atomic mass is 10.0. The van der Waals surface area contributed by atoms with Gasteiger partial charge in [0.2, 0.25) is 0 Å². The van der Waals surface area contributed by atoms with Gasteiger partial charge in [-0.25, -0.2) is 18.6 Å². The van der Waals surface area contributed by atoms with Crippen LogP contribution in [0.1, 0.15) is 13.3 Å². The van der Waals surface area contributed by atoms with E-state index < -0.39 is 17.6 Å². The highest BCUT2D eigenvalue weighted by Gasteiger charge is 2.22.